The van der Waals surface area contributed by atoms with Crippen molar-refractivity contribution in [2.45, 2.75) is 37.1 Å². The third-order valence-electron chi connectivity index (χ3n) is 11.5. The number of nitro benzene ring substituents is 1. The standard InChI is InChI=1S/C44H42ClN9O7S/c45-32-5-3-30(4-6-32)42-50-38-2-1-16-47-43(38)53(42)27-29-12-18-52(19-13-29)33-7-9-36(40(23-33)61-34-22-31-11-17-46-41(31)49-26-34)44(55)51-62(58,59)35-8-10-37(39(24-35)54(56)57)48-25-28-14-20-60-21-15-28/h1-11,16-17,22-24,26,28-29,48H,12-15,18-21,25,27H2,(H,46,49)(H,51,55). The summed E-state index contributed by atoms with van der Waals surface area (Å²) in [5.41, 5.74) is 3.73. The van der Waals surface area contributed by atoms with Gasteiger partial charge < -0.3 is 29.2 Å². The van der Waals surface area contributed by atoms with Crippen molar-refractivity contribution in [3.63, 3.8) is 0 Å². The minimum absolute atomic E-state index is 0.0557. The summed E-state index contributed by atoms with van der Waals surface area (Å²) in [4.78, 5) is 44.2. The van der Waals surface area contributed by atoms with Crippen molar-refractivity contribution < 1.29 is 27.6 Å². The Labute approximate surface area is 361 Å². The molecule has 2 aliphatic heterocycles. The number of nitro groups is 1. The van der Waals surface area contributed by atoms with E-state index in [0.29, 0.717) is 61.7 Å². The van der Waals surface area contributed by atoms with Crippen LogP contribution in [0.1, 0.15) is 36.0 Å². The lowest BCUT2D eigenvalue weighted by Gasteiger charge is -2.34. The second kappa shape index (κ2) is 17.4. The number of benzene rings is 3. The average Bonchev–Trinajstić information content (AvgIpc) is 3.91. The fraction of sp³-hybridized carbons (Fsp3) is 0.273. The maximum Gasteiger partial charge on any atom is 0.293 e. The number of H-pyrrole nitrogens is 1. The Bertz CT molecular complexity index is 2890. The summed E-state index contributed by atoms with van der Waals surface area (Å²) in [5.74, 6) is 0.884. The van der Waals surface area contributed by atoms with Crippen molar-refractivity contribution >= 4 is 66.8 Å². The summed E-state index contributed by atoms with van der Waals surface area (Å²) in [6, 6.07) is 23.6. The molecule has 2 fully saturated rings. The Morgan fingerprint density at radius 2 is 1.77 bits per heavy atom. The van der Waals surface area contributed by atoms with Gasteiger partial charge in [0.15, 0.2) is 5.65 Å². The maximum absolute atomic E-state index is 13.9. The van der Waals surface area contributed by atoms with E-state index in [1.54, 1.807) is 30.6 Å². The topological polar surface area (TPSA) is 200 Å². The van der Waals surface area contributed by atoms with Crippen molar-refractivity contribution in [2.75, 3.05) is 43.1 Å². The quantitative estimate of drug-likeness (QED) is 0.0742. The van der Waals surface area contributed by atoms with Crippen LogP contribution in [0.25, 0.3) is 33.6 Å². The maximum atomic E-state index is 13.9. The van der Waals surface area contributed by atoms with E-state index < -0.39 is 31.4 Å². The summed E-state index contributed by atoms with van der Waals surface area (Å²) in [5, 5.41) is 16.6. The number of amides is 1. The molecule has 318 valence electrons. The number of aromatic nitrogens is 5. The number of nitrogens with one attached hydrogen (secondary N) is 3. The zero-order valence-corrected chi connectivity index (χ0v) is 34.9. The van der Waals surface area contributed by atoms with Gasteiger partial charge in [0, 0.05) is 85.6 Å². The molecule has 2 aliphatic rings. The Morgan fingerprint density at radius 1 is 0.968 bits per heavy atom. The predicted octanol–water partition coefficient (Wildman–Crippen LogP) is 8.20. The molecule has 0 bridgehead atoms. The summed E-state index contributed by atoms with van der Waals surface area (Å²) in [6.45, 7) is 3.84. The number of hydrogen-bond donors (Lipinski definition) is 3. The Morgan fingerprint density at radius 3 is 2.56 bits per heavy atom. The second-order valence-corrected chi connectivity index (χ2v) is 17.6. The molecule has 0 spiro atoms. The first-order chi connectivity index (χ1) is 30.1. The van der Waals surface area contributed by atoms with E-state index in [4.69, 9.17) is 26.1 Å². The van der Waals surface area contributed by atoms with Crippen molar-refractivity contribution in [3.05, 3.63) is 124 Å². The number of carbonyl (C=O) groups is 1. The lowest BCUT2D eigenvalue weighted by molar-refractivity contribution is -0.384. The van der Waals surface area contributed by atoms with Crippen LogP contribution < -0.4 is 19.7 Å². The summed E-state index contributed by atoms with van der Waals surface area (Å²) >= 11 is 6.20. The molecule has 0 aliphatic carbocycles. The number of rotatable bonds is 13. The SMILES string of the molecule is O=C(NS(=O)(=O)c1ccc(NCC2CCOCC2)c([N+](=O)[O-])c1)c1ccc(N2CCC(Cn3c(-c4ccc(Cl)cc4)nc4cccnc43)CC2)cc1Oc1cnc2[nH]ccc2c1. The third-order valence-corrected chi connectivity index (χ3v) is 13.0. The Kier molecular flexibility index (Phi) is 11.5. The van der Waals surface area contributed by atoms with Gasteiger partial charge in [0.1, 0.15) is 34.2 Å². The van der Waals surface area contributed by atoms with E-state index in [9.17, 15) is 23.3 Å². The van der Waals surface area contributed by atoms with Gasteiger partial charge in [0.2, 0.25) is 0 Å². The first kappa shape index (κ1) is 40.8. The van der Waals surface area contributed by atoms with E-state index in [0.717, 1.165) is 65.4 Å². The highest BCUT2D eigenvalue weighted by Gasteiger charge is 2.28. The highest BCUT2D eigenvalue weighted by atomic mass is 35.5. The van der Waals surface area contributed by atoms with Crippen molar-refractivity contribution in [1.29, 1.82) is 0 Å². The smallest absolute Gasteiger partial charge is 0.293 e. The lowest BCUT2D eigenvalue weighted by atomic mass is 9.96. The molecule has 16 nitrogen and oxygen atoms in total. The van der Waals surface area contributed by atoms with Gasteiger partial charge in [0.25, 0.3) is 21.6 Å². The highest BCUT2D eigenvalue weighted by molar-refractivity contribution is 7.90. The van der Waals surface area contributed by atoms with Crippen LogP contribution in [0.15, 0.2) is 108 Å². The van der Waals surface area contributed by atoms with E-state index in [1.165, 1.54) is 24.4 Å². The highest BCUT2D eigenvalue weighted by Crippen LogP contribution is 2.35. The van der Waals surface area contributed by atoms with Gasteiger partial charge in [0.05, 0.1) is 21.6 Å². The third kappa shape index (κ3) is 8.77. The van der Waals surface area contributed by atoms with Crippen LogP contribution in [0.5, 0.6) is 11.5 Å². The van der Waals surface area contributed by atoms with Crippen molar-refractivity contribution in [1.82, 2.24) is 29.2 Å². The summed E-state index contributed by atoms with van der Waals surface area (Å²) in [7, 11) is -4.57. The largest absolute Gasteiger partial charge is 0.455 e. The van der Waals surface area contributed by atoms with E-state index in [-0.39, 0.29) is 22.9 Å². The van der Waals surface area contributed by atoms with Crippen LogP contribution in [-0.2, 0) is 21.3 Å². The van der Waals surface area contributed by atoms with Crippen LogP contribution in [0.4, 0.5) is 17.1 Å². The molecule has 9 rings (SSSR count). The number of piperidine rings is 1. The zero-order chi connectivity index (χ0) is 42.8. The van der Waals surface area contributed by atoms with Gasteiger partial charge in [-0.25, -0.2) is 28.1 Å². The first-order valence-corrected chi connectivity index (χ1v) is 22.2. The van der Waals surface area contributed by atoms with E-state index in [2.05, 4.69) is 34.5 Å². The van der Waals surface area contributed by atoms with Crippen LogP contribution in [0.3, 0.4) is 0 Å². The molecule has 0 atom stereocenters. The van der Waals surface area contributed by atoms with Crippen LogP contribution >= 0.6 is 11.6 Å². The number of carbonyl (C=O) groups excluding carboxylic acids is 1. The van der Waals surface area contributed by atoms with Gasteiger partial charge in [-0.3, -0.25) is 14.9 Å². The van der Waals surface area contributed by atoms with Gasteiger partial charge in [-0.15, -0.1) is 0 Å². The molecule has 6 heterocycles. The molecule has 62 heavy (non-hydrogen) atoms. The zero-order valence-electron chi connectivity index (χ0n) is 33.4. The number of anilines is 2. The van der Waals surface area contributed by atoms with Crippen LogP contribution in [-0.4, -0.2) is 76.6 Å². The second-order valence-electron chi connectivity index (χ2n) is 15.5. The minimum atomic E-state index is -4.57. The van der Waals surface area contributed by atoms with E-state index in [1.807, 2.05) is 42.5 Å². The number of nitrogens with zero attached hydrogens (tertiary/aromatic N) is 6. The molecule has 0 saturated carbocycles. The molecule has 4 aromatic heterocycles. The van der Waals surface area contributed by atoms with Gasteiger partial charge >= 0.3 is 0 Å². The van der Waals surface area contributed by atoms with Gasteiger partial charge in [-0.1, -0.05) is 11.6 Å². The number of imidazole rings is 1. The fourth-order valence-electron chi connectivity index (χ4n) is 8.08. The number of sulfonamides is 1. The minimum Gasteiger partial charge on any atom is -0.455 e. The normalized spacial score (nSPS) is 15.2. The first-order valence-electron chi connectivity index (χ1n) is 20.3. The predicted molar refractivity (Wildman–Crippen MR) is 235 cm³/mol. The molecule has 7 aromatic rings. The molecule has 0 unspecified atom stereocenters. The van der Waals surface area contributed by atoms with Crippen LogP contribution in [0.2, 0.25) is 5.02 Å². The molecule has 2 saturated heterocycles. The van der Waals surface area contributed by atoms with E-state index >= 15 is 0 Å². The number of pyridine rings is 2. The summed E-state index contributed by atoms with van der Waals surface area (Å²) < 4.78 is 43.3. The number of hydrogen-bond acceptors (Lipinski definition) is 12. The van der Waals surface area contributed by atoms with Crippen molar-refractivity contribution in [3.8, 4) is 22.9 Å². The van der Waals surface area contributed by atoms with Crippen molar-refractivity contribution in [2.24, 2.45) is 11.8 Å². The Hall–Kier alpha value is -6.56. The average molecular weight is 876 g/mol. The summed E-state index contributed by atoms with van der Waals surface area (Å²) in [6.07, 6.45) is 8.38. The molecule has 1 amide bonds. The molecule has 3 N–H and O–H groups in total. The molecular weight excluding hydrogens is 834 g/mol. The number of halogens is 1. The van der Waals surface area contributed by atoms with Crippen LogP contribution in [0, 0.1) is 22.0 Å². The molecular formula is C44H42ClN9O7S. The Balaban J connectivity index is 0.942. The molecule has 0 radical (unpaired) electrons. The molecule has 18 heteroatoms. The van der Waals surface area contributed by atoms with Gasteiger partial charge in [-0.05, 0) is 110 Å². The fourth-order valence-corrected chi connectivity index (χ4v) is 9.20. The molecule has 3 aromatic carbocycles. The lowest BCUT2D eigenvalue weighted by Crippen LogP contribution is -2.35. The number of ether oxygens (including phenoxy) is 2. The monoisotopic (exact) mass is 875 g/mol. The number of aromatic amines is 1. The van der Waals surface area contributed by atoms with Gasteiger partial charge in [-0.2, -0.15) is 0 Å². The number of fused-ring (bicyclic) bond motifs is 2.